The lowest BCUT2D eigenvalue weighted by Crippen LogP contribution is -2.25. The Kier molecular flexibility index (Phi) is 11.5. The second kappa shape index (κ2) is 19.8. The number of para-hydroxylation sites is 3. The molecular formula is C74H62N4O. The van der Waals surface area contributed by atoms with Gasteiger partial charge in [-0.3, -0.25) is 4.57 Å². The first-order valence-corrected chi connectivity index (χ1v) is 27.2. The molecule has 0 radical (unpaired) electrons. The number of aromatic nitrogens is 2. The van der Waals surface area contributed by atoms with Gasteiger partial charge < -0.3 is 14.5 Å². The third kappa shape index (κ3) is 9.31. The van der Waals surface area contributed by atoms with Crippen LogP contribution in [0.3, 0.4) is 0 Å². The van der Waals surface area contributed by atoms with Crippen molar-refractivity contribution in [2.24, 2.45) is 0 Å². The van der Waals surface area contributed by atoms with Crippen LogP contribution in [-0.4, -0.2) is 16.2 Å². The maximum absolute atomic E-state index is 9.59. The molecule has 0 fully saturated rings. The van der Waals surface area contributed by atoms with Crippen molar-refractivity contribution < 1.29 is 8.85 Å². The van der Waals surface area contributed by atoms with E-state index in [1.807, 2.05) is 42.6 Å². The van der Waals surface area contributed by atoms with E-state index in [4.69, 9.17) is 9.72 Å². The van der Waals surface area contributed by atoms with Gasteiger partial charge in [0.25, 0.3) is 0 Å². The molecule has 5 nitrogen and oxygen atoms in total. The predicted octanol–water partition coefficient (Wildman–Crippen LogP) is 20.1. The molecule has 0 unspecified atom stereocenters. The summed E-state index contributed by atoms with van der Waals surface area (Å²) in [6, 6.07) is 80.1. The summed E-state index contributed by atoms with van der Waals surface area (Å²) < 4.78 is 37.4. The summed E-state index contributed by atoms with van der Waals surface area (Å²) in [4.78, 5) is 9.65. The Morgan fingerprint density at radius 3 is 1.70 bits per heavy atom. The third-order valence-electron chi connectivity index (χ3n) is 15.4. The van der Waals surface area contributed by atoms with Gasteiger partial charge in [-0.25, -0.2) is 4.98 Å². The summed E-state index contributed by atoms with van der Waals surface area (Å²) in [5, 5.41) is 2.09. The molecule has 12 aromatic rings. The van der Waals surface area contributed by atoms with Gasteiger partial charge in [-0.05, 0) is 122 Å². The summed E-state index contributed by atoms with van der Waals surface area (Å²) in [5.74, 6) is 1.45. The first-order chi connectivity index (χ1) is 39.7. The molecule has 3 heterocycles. The standard InChI is InChI=1S/C74H62N4O/c1-73(2,3)57-38-35-53(36-39-57)61-31-20-32-62(56-28-18-27-54(43-56)50-21-10-7-11-22-50)72(61)77-49-76(68-33-16-17-34-69(68)77)58-29-19-30-59(45-58)79-60-40-41-63-64-44-55(51-23-12-8-13-24-51)37-42-67(64)78(70(63)46-60)71-47-66(74(4,5)6)65(48-75-71)52-25-14-9-15-26-52/h7-48H,49H2,1-6H3/i19D,29D,30D. The van der Waals surface area contributed by atoms with Crippen LogP contribution in [0.15, 0.2) is 255 Å². The summed E-state index contributed by atoms with van der Waals surface area (Å²) in [6.07, 6.45) is 2.00. The lowest BCUT2D eigenvalue weighted by Gasteiger charge is -2.28. The average molecular weight is 1030 g/mol. The number of rotatable bonds is 10. The number of benzene rings is 10. The van der Waals surface area contributed by atoms with E-state index in [0.29, 0.717) is 18.1 Å². The number of ether oxygens (including phenoxy) is 1. The Bertz CT molecular complexity index is 4390. The second-order valence-corrected chi connectivity index (χ2v) is 22.6. The zero-order valence-electron chi connectivity index (χ0n) is 48.4. The number of nitrogens with zero attached hydrogens (tertiary/aromatic N) is 4. The summed E-state index contributed by atoms with van der Waals surface area (Å²) in [5.41, 5.74) is 18.4. The highest BCUT2D eigenvalue weighted by atomic mass is 16.5. The number of anilines is 4. The van der Waals surface area contributed by atoms with Crippen molar-refractivity contribution in [2.75, 3.05) is 16.5 Å². The number of fused-ring (bicyclic) bond motifs is 4. The molecular weight excluding hydrogens is 961 g/mol. The first-order valence-electron chi connectivity index (χ1n) is 28.7. The summed E-state index contributed by atoms with van der Waals surface area (Å²) in [7, 11) is 0. The van der Waals surface area contributed by atoms with Gasteiger partial charge in [-0.2, -0.15) is 0 Å². The van der Waals surface area contributed by atoms with E-state index < -0.39 is 0 Å². The van der Waals surface area contributed by atoms with Crippen LogP contribution in [0.4, 0.5) is 22.7 Å². The first kappa shape index (κ1) is 45.7. The van der Waals surface area contributed by atoms with Crippen LogP contribution in [0, 0.1) is 0 Å². The van der Waals surface area contributed by atoms with Gasteiger partial charge in [0.05, 0.1) is 32.2 Å². The van der Waals surface area contributed by atoms with E-state index in [1.165, 1.54) is 11.1 Å². The summed E-state index contributed by atoms with van der Waals surface area (Å²) in [6.45, 7) is 13.8. The molecule has 0 saturated heterocycles. The van der Waals surface area contributed by atoms with Gasteiger partial charge in [0.2, 0.25) is 0 Å². The van der Waals surface area contributed by atoms with Gasteiger partial charge in [-0.15, -0.1) is 0 Å². The van der Waals surface area contributed by atoms with Crippen LogP contribution >= 0.6 is 0 Å². The highest BCUT2D eigenvalue weighted by molar-refractivity contribution is 6.11. The molecule has 5 heteroatoms. The average Bonchev–Trinajstić information content (AvgIpc) is 3.62. The molecule has 10 aromatic carbocycles. The Morgan fingerprint density at radius 1 is 0.430 bits per heavy atom. The Balaban J connectivity index is 0.930. The normalized spacial score (nSPS) is 13.1. The van der Waals surface area contributed by atoms with Crippen molar-refractivity contribution in [2.45, 2.75) is 52.4 Å². The molecule has 79 heavy (non-hydrogen) atoms. The smallest absolute Gasteiger partial charge is 0.137 e. The molecule has 0 aliphatic carbocycles. The maximum Gasteiger partial charge on any atom is 0.137 e. The van der Waals surface area contributed by atoms with Gasteiger partial charge >= 0.3 is 0 Å². The van der Waals surface area contributed by atoms with E-state index in [-0.39, 0.29) is 34.7 Å². The SMILES string of the molecule is [2H]c1c(Oc2ccc3c4cc(-c5ccccc5)ccc4n(-c4cc(C(C)(C)C)c(-c5ccccc5)cn4)c3c2)cc(N2CN(c3c(-c4ccc(C(C)(C)C)cc4)cccc3-c3cccc(-c4ccccc4)c3)c3ccccc32)c([2H])c1[2H]. The van der Waals surface area contributed by atoms with E-state index in [1.54, 1.807) is 6.07 Å². The zero-order chi connectivity index (χ0) is 56.4. The molecule has 13 rings (SSSR count). The fourth-order valence-corrected chi connectivity index (χ4v) is 11.4. The lowest BCUT2D eigenvalue weighted by molar-refractivity contribution is 0.483. The van der Waals surface area contributed by atoms with Crippen molar-refractivity contribution in [3.63, 3.8) is 0 Å². The zero-order valence-corrected chi connectivity index (χ0v) is 45.4. The minimum absolute atomic E-state index is 0.0128. The molecule has 0 atom stereocenters. The van der Waals surface area contributed by atoms with Crippen LogP contribution < -0.4 is 14.5 Å². The highest BCUT2D eigenvalue weighted by Gasteiger charge is 2.32. The van der Waals surface area contributed by atoms with Crippen molar-refractivity contribution in [3.05, 3.63) is 266 Å². The maximum atomic E-state index is 9.59. The topological polar surface area (TPSA) is 33.5 Å². The number of hydrogen-bond donors (Lipinski definition) is 0. The van der Waals surface area contributed by atoms with Gasteiger partial charge in [0.1, 0.15) is 24.0 Å². The van der Waals surface area contributed by atoms with E-state index in [0.717, 1.165) is 100 Å². The van der Waals surface area contributed by atoms with Crippen LogP contribution in [-0.2, 0) is 10.8 Å². The second-order valence-electron chi connectivity index (χ2n) is 22.6. The molecule has 0 bridgehead atoms. The molecule has 0 saturated carbocycles. The monoisotopic (exact) mass is 1030 g/mol. The molecule has 0 N–H and O–H groups in total. The Morgan fingerprint density at radius 2 is 1.01 bits per heavy atom. The van der Waals surface area contributed by atoms with Crippen molar-refractivity contribution in [1.29, 1.82) is 0 Å². The largest absolute Gasteiger partial charge is 0.457 e. The predicted molar refractivity (Wildman–Crippen MR) is 332 cm³/mol. The van der Waals surface area contributed by atoms with Crippen LogP contribution in [0.1, 0.15) is 56.8 Å². The van der Waals surface area contributed by atoms with E-state index in [2.05, 4.69) is 244 Å². The quantitative estimate of drug-likeness (QED) is 0.137. The van der Waals surface area contributed by atoms with Crippen LogP contribution in [0.25, 0.3) is 83.3 Å². The van der Waals surface area contributed by atoms with Crippen LogP contribution in [0.5, 0.6) is 11.5 Å². The van der Waals surface area contributed by atoms with Crippen molar-refractivity contribution in [1.82, 2.24) is 9.55 Å². The van der Waals surface area contributed by atoms with Crippen LogP contribution in [0.2, 0.25) is 0 Å². The number of hydrogen-bond acceptors (Lipinski definition) is 4. The molecule has 2 aromatic heterocycles. The number of pyridine rings is 1. The van der Waals surface area contributed by atoms with E-state index >= 15 is 0 Å². The highest BCUT2D eigenvalue weighted by Crippen LogP contribution is 2.51. The summed E-state index contributed by atoms with van der Waals surface area (Å²) >= 11 is 0. The van der Waals surface area contributed by atoms with Gasteiger partial charge in [0, 0.05) is 51.5 Å². The third-order valence-corrected chi connectivity index (χ3v) is 15.4. The minimum Gasteiger partial charge on any atom is -0.457 e. The molecule has 1 aliphatic rings. The Labute approximate surface area is 468 Å². The lowest BCUT2D eigenvalue weighted by atomic mass is 9.82. The molecule has 1 aliphatic heterocycles. The fraction of sp³-hybridized carbons (Fsp3) is 0.122. The van der Waals surface area contributed by atoms with Crippen molar-refractivity contribution in [3.8, 4) is 73.0 Å². The van der Waals surface area contributed by atoms with Gasteiger partial charge in [-0.1, -0.05) is 217 Å². The molecule has 384 valence electrons. The fourth-order valence-electron chi connectivity index (χ4n) is 11.4. The minimum atomic E-state index is -0.220. The molecule has 0 amide bonds. The van der Waals surface area contributed by atoms with Gasteiger partial charge in [0.15, 0.2) is 0 Å². The van der Waals surface area contributed by atoms with E-state index in [9.17, 15) is 4.11 Å². The Hall–Kier alpha value is -9.45. The molecule has 0 spiro atoms. The van der Waals surface area contributed by atoms with Crippen molar-refractivity contribution >= 4 is 44.6 Å².